The van der Waals surface area contributed by atoms with Gasteiger partial charge in [0.2, 0.25) is 0 Å². The zero-order valence-corrected chi connectivity index (χ0v) is 17.0. The van der Waals surface area contributed by atoms with Crippen LogP contribution in [0.5, 0.6) is 0 Å². The molecule has 0 spiro atoms. The Bertz CT molecular complexity index is 1110. The van der Waals surface area contributed by atoms with Crippen LogP contribution in [0.4, 0.5) is 0 Å². The lowest BCUT2D eigenvalue weighted by molar-refractivity contribution is -0.00682. The van der Waals surface area contributed by atoms with E-state index in [9.17, 15) is 4.79 Å². The van der Waals surface area contributed by atoms with Crippen LogP contribution in [0.25, 0.3) is 15.0 Å². The zero-order valence-electron chi connectivity index (χ0n) is 16.1. The standard InChI is InChI=1S/C25H23O2S/c1-4-25(3,21-12-6-7-13-21)27-24(26)20-11-9-14-22(17-20)28-18(2)16-19-10-5-8-15-23(19)28/h1,5-11,14-17,21H,12-13H2,2-3H3/q+1. The maximum Gasteiger partial charge on any atom is 0.339 e. The molecule has 2 unspecified atom stereocenters. The predicted octanol–water partition coefficient (Wildman–Crippen LogP) is 6.40. The average molecular weight is 388 g/mol. The summed E-state index contributed by atoms with van der Waals surface area (Å²) in [4.78, 5) is 15.3. The molecule has 2 nitrogen and oxygen atoms in total. The van der Waals surface area contributed by atoms with Crippen LogP contribution in [-0.4, -0.2) is 11.6 Å². The lowest BCUT2D eigenvalue weighted by Crippen LogP contribution is -2.37. The van der Waals surface area contributed by atoms with Crippen molar-refractivity contribution >= 4 is 26.5 Å². The van der Waals surface area contributed by atoms with Gasteiger partial charge in [0.05, 0.1) is 5.56 Å². The van der Waals surface area contributed by atoms with E-state index in [2.05, 4.69) is 61.4 Å². The Labute approximate surface area is 168 Å². The molecule has 2 atom stereocenters. The van der Waals surface area contributed by atoms with Crippen LogP contribution in [0.3, 0.4) is 0 Å². The Hall–Kier alpha value is -2.83. The Balaban J connectivity index is 1.66. The molecule has 1 aliphatic rings. The largest absolute Gasteiger partial charge is 0.442 e. The maximum atomic E-state index is 12.9. The van der Waals surface area contributed by atoms with Crippen molar-refractivity contribution in [3.05, 3.63) is 77.2 Å². The van der Waals surface area contributed by atoms with Gasteiger partial charge >= 0.3 is 5.97 Å². The summed E-state index contributed by atoms with van der Waals surface area (Å²) in [5.41, 5.74) is -0.344. The highest BCUT2D eigenvalue weighted by Crippen LogP contribution is 2.43. The molecule has 0 amide bonds. The van der Waals surface area contributed by atoms with Crippen LogP contribution in [0, 0.1) is 25.2 Å². The molecule has 1 aromatic heterocycles. The molecule has 3 aromatic rings. The first kappa shape index (κ1) is 18.5. The van der Waals surface area contributed by atoms with Crippen molar-refractivity contribution in [3.63, 3.8) is 0 Å². The number of ether oxygens (including phenoxy) is 1. The highest BCUT2D eigenvalue weighted by Gasteiger charge is 2.37. The zero-order chi connectivity index (χ0) is 19.7. The van der Waals surface area contributed by atoms with E-state index in [0.29, 0.717) is 5.56 Å². The van der Waals surface area contributed by atoms with Gasteiger partial charge in [0.25, 0.3) is 0 Å². The number of esters is 1. The number of aryl methyl sites for hydroxylation is 1. The molecule has 1 heterocycles. The third-order valence-corrected chi connectivity index (χ3v) is 7.80. The third-order valence-electron chi connectivity index (χ3n) is 5.50. The number of carbonyl (C=O) groups is 1. The lowest BCUT2D eigenvalue weighted by Gasteiger charge is -2.30. The fourth-order valence-corrected chi connectivity index (χ4v) is 6.10. The van der Waals surface area contributed by atoms with E-state index < -0.39 is 5.60 Å². The van der Waals surface area contributed by atoms with Gasteiger partial charge in [-0.2, -0.15) is 0 Å². The number of thiophene rings is 1. The van der Waals surface area contributed by atoms with Crippen LogP contribution < -0.4 is 0 Å². The Morgan fingerprint density at radius 3 is 2.64 bits per heavy atom. The molecule has 140 valence electrons. The summed E-state index contributed by atoms with van der Waals surface area (Å²) in [5, 5.41) is 1.25. The molecule has 0 N–H and O–H groups in total. The second-order valence-electron chi connectivity index (χ2n) is 7.41. The van der Waals surface area contributed by atoms with E-state index in [1.165, 1.54) is 15.0 Å². The number of rotatable bonds is 4. The summed E-state index contributed by atoms with van der Waals surface area (Å²) in [7, 11) is -0.161. The van der Waals surface area contributed by atoms with Crippen LogP contribution in [0.2, 0.25) is 0 Å². The molecule has 0 radical (unpaired) electrons. The molecule has 4 rings (SSSR count). The number of terminal acetylenes is 1. The first-order chi connectivity index (χ1) is 13.5. The number of fused-ring (bicyclic) bond motifs is 1. The molecule has 0 saturated heterocycles. The SMILES string of the molecule is C#CC(C)(OC(=O)c1cccc(-[s+]2c(C)cc3ccccc32)c1)C1CC=CC1. The third kappa shape index (κ3) is 3.25. The monoisotopic (exact) mass is 387 g/mol. The van der Waals surface area contributed by atoms with Gasteiger partial charge in [-0.15, -0.1) is 6.42 Å². The first-order valence-electron chi connectivity index (χ1n) is 9.49. The fourth-order valence-electron chi connectivity index (χ4n) is 3.85. The number of allylic oxidation sites excluding steroid dienone is 2. The van der Waals surface area contributed by atoms with Crippen molar-refractivity contribution in [2.24, 2.45) is 5.92 Å². The lowest BCUT2D eigenvalue weighted by atomic mass is 9.87. The quantitative estimate of drug-likeness (QED) is 0.224. The van der Waals surface area contributed by atoms with E-state index in [1.807, 2.05) is 19.1 Å². The number of hydrogen-bond donors (Lipinski definition) is 0. The van der Waals surface area contributed by atoms with Crippen molar-refractivity contribution in [2.45, 2.75) is 32.3 Å². The van der Waals surface area contributed by atoms with E-state index >= 15 is 0 Å². The average Bonchev–Trinajstić information content (AvgIpc) is 3.35. The highest BCUT2D eigenvalue weighted by molar-refractivity contribution is 7.45. The molecule has 0 fully saturated rings. The van der Waals surface area contributed by atoms with Gasteiger partial charge in [0.1, 0.15) is 0 Å². The summed E-state index contributed by atoms with van der Waals surface area (Å²) >= 11 is 0. The van der Waals surface area contributed by atoms with Crippen LogP contribution in [0.1, 0.15) is 35.0 Å². The minimum atomic E-state index is -0.894. The highest BCUT2D eigenvalue weighted by atomic mass is 32.2. The second kappa shape index (κ2) is 7.30. The van der Waals surface area contributed by atoms with Gasteiger partial charge in [-0.3, -0.25) is 0 Å². The van der Waals surface area contributed by atoms with E-state index in [0.717, 1.165) is 17.7 Å². The van der Waals surface area contributed by atoms with Crippen molar-refractivity contribution in [1.29, 1.82) is 0 Å². The maximum absolute atomic E-state index is 12.9. The molecule has 0 bridgehead atoms. The number of hydrogen-bond acceptors (Lipinski definition) is 2. The molecule has 0 aliphatic heterocycles. The van der Waals surface area contributed by atoms with Crippen molar-refractivity contribution < 1.29 is 9.53 Å². The van der Waals surface area contributed by atoms with Gasteiger partial charge in [0, 0.05) is 40.8 Å². The molecule has 1 aliphatic carbocycles. The normalized spacial score (nSPS) is 16.7. The smallest absolute Gasteiger partial charge is 0.339 e. The molecule has 0 saturated carbocycles. The minimum absolute atomic E-state index is 0.137. The predicted molar refractivity (Wildman–Crippen MR) is 117 cm³/mol. The molecule has 3 heteroatoms. The Morgan fingerprint density at radius 2 is 1.89 bits per heavy atom. The fraction of sp³-hybridized carbons (Fsp3) is 0.240. The topological polar surface area (TPSA) is 26.3 Å². The molecular formula is C25H23O2S+. The first-order valence-corrected chi connectivity index (χ1v) is 10.7. The summed E-state index contributed by atoms with van der Waals surface area (Å²) in [6.07, 6.45) is 11.6. The summed E-state index contributed by atoms with van der Waals surface area (Å²) in [5.74, 6) is 2.50. The van der Waals surface area contributed by atoms with Gasteiger partial charge < -0.3 is 4.74 Å². The van der Waals surface area contributed by atoms with E-state index in [4.69, 9.17) is 11.2 Å². The van der Waals surface area contributed by atoms with Gasteiger partial charge in [-0.05, 0) is 44.0 Å². The minimum Gasteiger partial charge on any atom is -0.442 e. The van der Waals surface area contributed by atoms with Crippen molar-refractivity contribution in [2.75, 3.05) is 0 Å². The van der Waals surface area contributed by atoms with E-state index in [-0.39, 0.29) is 22.4 Å². The number of benzene rings is 2. The Kier molecular flexibility index (Phi) is 4.83. The van der Waals surface area contributed by atoms with Crippen molar-refractivity contribution in [1.82, 2.24) is 0 Å². The van der Waals surface area contributed by atoms with Gasteiger partial charge in [0.15, 0.2) is 20.1 Å². The number of carbonyl (C=O) groups excluding carboxylic acids is 1. The van der Waals surface area contributed by atoms with Crippen LogP contribution >= 0.6 is 10.5 Å². The molecule has 28 heavy (non-hydrogen) atoms. The van der Waals surface area contributed by atoms with E-state index in [1.54, 1.807) is 6.07 Å². The van der Waals surface area contributed by atoms with Crippen LogP contribution in [0.15, 0.2) is 66.7 Å². The molecule has 2 aromatic carbocycles. The summed E-state index contributed by atoms with van der Waals surface area (Å²) in [6, 6.07) is 18.4. The van der Waals surface area contributed by atoms with Gasteiger partial charge in [-0.25, -0.2) is 4.79 Å². The summed E-state index contributed by atoms with van der Waals surface area (Å²) < 4.78 is 7.15. The van der Waals surface area contributed by atoms with Gasteiger partial charge in [-0.1, -0.05) is 36.3 Å². The summed E-state index contributed by atoms with van der Waals surface area (Å²) in [6.45, 7) is 3.99. The van der Waals surface area contributed by atoms with Crippen LogP contribution in [-0.2, 0) is 4.74 Å². The molecular weight excluding hydrogens is 364 g/mol. The van der Waals surface area contributed by atoms with Crippen molar-refractivity contribution in [3.8, 4) is 17.2 Å². The Morgan fingerprint density at radius 1 is 1.14 bits per heavy atom. The second-order valence-corrected chi connectivity index (χ2v) is 9.58.